The van der Waals surface area contributed by atoms with Gasteiger partial charge in [-0.2, -0.15) is 0 Å². The van der Waals surface area contributed by atoms with E-state index in [-0.39, 0.29) is 5.91 Å². The van der Waals surface area contributed by atoms with Crippen LogP contribution in [0.2, 0.25) is 0 Å². The maximum absolute atomic E-state index is 12.5. The van der Waals surface area contributed by atoms with E-state index in [1.807, 2.05) is 56.3 Å². The van der Waals surface area contributed by atoms with E-state index in [9.17, 15) is 4.79 Å². The highest BCUT2D eigenvalue weighted by Gasteiger charge is 2.27. The first kappa shape index (κ1) is 13.5. The average molecular weight is 260 g/mol. The standard InChI is InChI=1S/C15H20N2O2/c1-15(2,3)14(18)17(10-12-6-7-16-9-12)11-13-5-4-8-19-13/h4-9,16H,10-11H2,1-3H3. The van der Waals surface area contributed by atoms with E-state index in [1.54, 1.807) is 6.26 Å². The minimum absolute atomic E-state index is 0.116. The summed E-state index contributed by atoms with van der Waals surface area (Å²) in [6, 6.07) is 5.70. The number of hydrogen-bond donors (Lipinski definition) is 1. The molecule has 1 N–H and O–H groups in total. The molecule has 0 spiro atoms. The van der Waals surface area contributed by atoms with Gasteiger partial charge >= 0.3 is 0 Å². The zero-order valence-corrected chi connectivity index (χ0v) is 11.6. The fraction of sp³-hybridized carbons (Fsp3) is 0.400. The first-order chi connectivity index (χ1) is 8.97. The van der Waals surface area contributed by atoms with Crippen molar-refractivity contribution in [1.29, 1.82) is 0 Å². The SMILES string of the molecule is CC(C)(C)C(=O)N(Cc1cc[nH]c1)Cc1ccco1. The van der Waals surface area contributed by atoms with Crippen molar-refractivity contribution in [2.75, 3.05) is 0 Å². The van der Waals surface area contributed by atoms with Crippen LogP contribution in [-0.4, -0.2) is 15.8 Å². The molecule has 0 bridgehead atoms. The first-order valence-corrected chi connectivity index (χ1v) is 6.40. The molecule has 0 aliphatic carbocycles. The molecule has 0 saturated heterocycles. The summed E-state index contributed by atoms with van der Waals surface area (Å²) in [5, 5.41) is 0. The number of H-pyrrole nitrogens is 1. The number of carbonyl (C=O) groups is 1. The summed E-state index contributed by atoms with van der Waals surface area (Å²) in [5.41, 5.74) is 0.687. The maximum Gasteiger partial charge on any atom is 0.228 e. The molecule has 2 aromatic rings. The second-order valence-electron chi connectivity index (χ2n) is 5.71. The molecule has 0 aromatic carbocycles. The number of amides is 1. The van der Waals surface area contributed by atoms with Gasteiger partial charge < -0.3 is 14.3 Å². The lowest BCUT2D eigenvalue weighted by molar-refractivity contribution is -0.141. The zero-order valence-electron chi connectivity index (χ0n) is 11.6. The lowest BCUT2D eigenvalue weighted by atomic mass is 9.94. The molecule has 102 valence electrons. The van der Waals surface area contributed by atoms with E-state index in [0.29, 0.717) is 13.1 Å². The highest BCUT2D eigenvalue weighted by molar-refractivity contribution is 5.81. The Balaban J connectivity index is 2.15. The van der Waals surface area contributed by atoms with E-state index in [1.165, 1.54) is 0 Å². The molecule has 0 aliphatic rings. The van der Waals surface area contributed by atoms with Gasteiger partial charge in [-0.25, -0.2) is 0 Å². The second-order valence-corrected chi connectivity index (χ2v) is 5.71. The van der Waals surface area contributed by atoms with Gasteiger partial charge in [0.05, 0.1) is 12.8 Å². The van der Waals surface area contributed by atoms with Crippen molar-refractivity contribution < 1.29 is 9.21 Å². The largest absolute Gasteiger partial charge is 0.467 e. The fourth-order valence-electron chi connectivity index (χ4n) is 1.94. The summed E-state index contributed by atoms with van der Waals surface area (Å²) >= 11 is 0. The van der Waals surface area contributed by atoms with Crippen molar-refractivity contribution in [2.45, 2.75) is 33.9 Å². The Morgan fingerprint density at radius 1 is 1.32 bits per heavy atom. The summed E-state index contributed by atoms with van der Waals surface area (Å²) in [4.78, 5) is 17.3. The van der Waals surface area contributed by atoms with Gasteiger partial charge in [-0.1, -0.05) is 20.8 Å². The van der Waals surface area contributed by atoms with Gasteiger partial charge in [0, 0.05) is 24.4 Å². The maximum atomic E-state index is 12.5. The van der Waals surface area contributed by atoms with Crippen LogP contribution in [-0.2, 0) is 17.9 Å². The lowest BCUT2D eigenvalue weighted by Gasteiger charge is -2.28. The Bertz CT molecular complexity index is 471. The third-order valence-electron chi connectivity index (χ3n) is 2.89. The number of rotatable bonds is 4. The van der Waals surface area contributed by atoms with Crippen molar-refractivity contribution in [2.24, 2.45) is 5.41 Å². The molecule has 0 atom stereocenters. The molecule has 2 heterocycles. The Morgan fingerprint density at radius 3 is 2.63 bits per heavy atom. The van der Waals surface area contributed by atoms with Crippen LogP contribution in [0.1, 0.15) is 32.1 Å². The molecule has 0 radical (unpaired) electrons. The minimum Gasteiger partial charge on any atom is -0.467 e. The Morgan fingerprint density at radius 2 is 2.11 bits per heavy atom. The summed E-state index contributed by atoms with van der Waals surface area (Å²) in [6.07, 6.45) is 5.40. The van der Waals surface area contributed by atoms with E-state index in [2.05, 4.69) is 4.98 Å². The highest BCUT2D eigenvalue weighted by atomic mass is 16.3. The van der Waals surface area contributed by atoms with E-state index in [4.69, 9.17) is 4.42 Å². The van der Waals surface area contributed by atoms with Crippen molar-refractivity contribution >= 4 is 5.91 Å². The Hall–Kier alpha value is -1.97. The molecule has 0 fully saturated rings. The third kappa shape index (κ3) is 3.50. The van der Waals surface area contributed by atoms with E-state index < -0.39 is 5.41 Å². The van der Waals surface area contributed by atoms with Gasteiger partial charge in [0.1, 0.15) is 5.76 Å². The fourth-order valence-corrected chi connectivity index (χ4v) is 1.94. The highest BCUT2D eigenvalue weighted by Crippen LogP contribution is 2.21. The van der Waals surface area contributed by atoms with Crippen molar-refractivity contribution in [3.63, 3.8) is 0 Å². The molecule has 2 rings (SSSR count). The smallest absolute Gasteiger partial charge is 0.228 e. The Labute approximate surface area is 113 Å². The van der Waals surface area contributed by atoms with Crippen LogP contribution in [0.3, 0.4) is 0 Å². The van der Waals surface area contributed by atoms with Crippen molar-refractivity contribution in [1.82, 2.24) is 9.88 Å². The predicted molar refractivity (Wildman–Crippen MR) is 73.2 cm³/mol. The topological polar surface area (TPSA) is 49.2 Å². The van der Waals surface area contributed by atoms with Crippen LogP contribution in [0.4, 0.5) is 0 Å². The van der Waals surface area contributed by atoms with Gasteiger partial charge in [0.15, 0.2) is 0 Å². The molecule has 4 heteroatoms. The molecule has 4 nitrogen and oxygen atoms in total. The number of nitrogens with zero attached hydrogens (tertiary/aromatic N) is 1. The third-order valence-corrected chi connectivity index (χ3v) is 2.89. The molecule has 0 aliphatic heterocycles. The monoisotopic (exact) mass is 260 g/mol. The van der Waals surface area contributed by atoms with Crippen LogP contribution >= 0.6 is 0 Å². The number of nitrogens with one attached hydrogen (secondary N) is 1. The Kier molecular flexibility index (Phi) is 3.79. The van der Waals surface area contributed by atoms with Crippen LogP contribution in [0.25, 0.3) is 0 Å². The molecule has 2 aromatic heterocycles. The summed E-state index contributed by atoms with van der Waals surface area (Å²) in [7, 11) is 0. The lowest BCUT2D eigenvalue weighted by Crippen LogP contribution is -2.38. The first-order valence-electron chi connectivity index (χ1n) is 6.40. The van der Waals surface area contributed by atoms with Crippen LogP contribution in [0.5, 0.6) is 0 Å². The van der Waals surface area contributed by atoms with E-state index >= 15 is 0 Å². The second kappa shape index (κ2) is 5.34. The summed E-state index contributed by atoms with van der Waals surface area (Å²) in [6.45, 7) is 6.87. The quantitative estimate of drug-likeness (QED) is 0.917. The van der Waals surface area contributed by atoms with Gasteiger partial charge in [-0.05, 0) is 23.8 Å². The molecule has 0 unspecified atom stereocenters. The zero-order chi connectivity index (χ0) is 13.9. The summed E-state index contributed by atoms with van der Waals surface area (Å²) < 4.78 is 5.34. The molecular formula is C15H20N2O2. The number of aromatic nitrogens is 1. The van der Waals surface area contributed by atoms with Crippen LogP contribution < -0.4 is 0 Å². The normalized spacial score (nSPS) is 11.5. The molecule has 0 saturated carbocycles. The number of furan rings is 1. The number of hydrogen-bond acceptors (Lipinski definition) is 2. The molecule has 1 amide bonds. The predicted octanol–water partition coefficient (Wildman–Crippen LogP) is 3.18. The van der Waals surface area contributed by atoms with Crippen LogP contribution in [0.15, 0.2) is 41.3 Å². The van der Waals surface area contributed by atoms with Crippen molar-refractivity contribution in [3.8, 4) is 0 Å². The average Bonchev–Trinajstić information content (AvgIpc) is 2.98. The van der Waals surface area contributed by atoms with Gasteiger partial charge in [0.25, 0.3) is 0 Å². The summed E-state index contributed by atoms with van der Waals surface area (Å²) in [5.74, 6) is 0.915. The van der Waals surface area contributed by atoms with Gasteiger partial charge in [-0.15, -0.1) is 0 Å². The van der Waals surface area contributed by atoms with Gasteiger partial charge in [0.2, 0.25) is 5.91 Å². The number of carbonyl (C=O) groups excluding carboxylic acids is 1. The number of aromatic amines is 1. The van der Waals surface area contributed by atoms with E-state index in [0.717, 1.165) is 11.3 Å². The van der Waals surface area contributed by atoms with Crippen molar-refractivity contribution in [3.05, 3.63) is 48.2 Å². The molecular weight excluding hydrogens is 240 g/mol. The van der Waals surface area contributed by atoms with Crippen LogP contribution in [0, 0.1) is 5.41 Å². The van der Waals surface area contributed by atoms with Gasteiger partial charge in [-0.3, -0.25) is 4.79 Å². The molecule has 19 heavy (non-hydrogen) atoms. The minimum atomic E-state index is -0.400.